The lowest BCUT2D eigenvalue weighted by atomic mass is 10.0. The molecule has 1 amide bonds. The number of carbonyl (C=O) groups excluding carboxylic acids is 1. The summed E-state index contributed by atoms with van der Waals surface area (Å²) >= 11 is 6.54. The molecule has 2 aliphatic heterocycles. The zero-order chi connectivity index (χ0) is 27.2. The van der Waals surface area contributed by atoms with Crippen LogP contribution < -0.4 is 5.43 Å². The molecule has 2 fully saturated rings. The van der Waals surface area contributed by atoms with E-state index in [4.69, 9.17) is 21.6 Å². The molecule has 0 bridgehead atoms. The minimum absolute atomic E-state index is 0.0146. The van der Waals surface area contributed by atoms with E-state index in [1.54, 1.807) is 17.1 Å². The number of nitriles is 1. The van der Waals surface area contributed by atoms with Crippen molar-refractivity contribution in [3.63, 3.8) is 0 Å². The number of allylic oxidation sites excluding steroid dienone is 4. The molecule has 0 radical (unpaired) electrons. The van der Waals surface area contributed by atoms with Crippen LogP contribution in [0.25, 0.3) is 5.57 Å². The van der Waals surface area contributed by atoms with E-state index in [0.717, 1.165) is 12.3 Å². The summed E-state index contributed by atoms with van der Waals surface area (Å²) in [6.45, 7) is 1.40. The Morgan fingerprint density at radius 3 is 2.68 bits per heavy atom. The molecule has 5 rings (SSSR count). The molecule has 0 spiro atoms. The summed E-state index contributed by atoms with van der Waals surface area (Å²) in [7, 11) is 0. The van der Waals surface area contributed by atoms with Crippen LogP contribution in [0.2, 0.25) is 5.02 Å². The molecule has 1 N–H and O–H groups in total. The van der Waals surface area contributed by atoms with Gasteiger partial charge in [-0.05, 0) is 23.8 Å². The summed E-state index contributed by atoms with van der Waals surface area (Å²) in [5.74, 6) is -1.07. The van der Waals surface area contributed by atoms with Crippen LogP contribution in [-0.4, -0.2) is 59.5 Å². The van der Waals surface area contributed by atoms with Gasteiger partial charge in [-0.25, -0.2) is 4.39 Å². The number of pyridine rings is 1. The second-order valence-electron chi connectivity index (χ2n) is 9.35. The number of aromatic amines is 1. The first-order valence-electron chi connectivity index (χ1n) is 11.8. The van der Waals surface area contributed by atoms with E-state index >= 15 is 0 Å². The van der Waals surface area contributed by atoms with Gasteiger partial charge in [0.2, 0.25) is 0 Å². The molecule has 7 nitrogen and oxygen atoms in total. The number of carbonyl (C=O) groups is 1. The van der Waals surface area contributed by atoms with Gasteiger partial charge in [0.1, 0.15) is 17.6 Å². The van der Waals surface area contributed by atoms with Crippen LogP contribution in [0.15, 0.2) is 46.9 Å². The number of amides is 1. The number of hydrogen-bond donors (Lipinski definition) is 1. The van der Waals surface area contributed by atoms with Crippen molar-refractivity contribution in [1.29, 1.82) is 5.26 Å². The molecular formula is C26H21ClF4N4O3. The van der Waals surface area contributed by atoms with E-state index in [0.29, 0.717) is 42.3 Å². The van der Waals surface area contributed by atoms with E-state index in [-0.39, 0.29) is 41.9 Å². The number of hydrogen-bond acceptors (Lipinski definition) is 5. The Hall–Kier alpha value is -3.46. The van der Waals surface area contributed by atoms with Crippen LogP contribution in [0.4, 0.5) is 17.6 Å². The van der Waals surface area contributed by atoms with Crippen molar-refractivity contribution in [2.45, 2.75) is 24.7 Å². The van der Waals surface area contributed by atoms with Crippen LogP contribution in [0.5, 0.6) is 0 Å². The number of aromatic nitrogens is 1. The number of H-pyrrole nitrogens is 1. The molecule has 2 aromatic rings. The highest BCUT2D eigenvalue weighted by atomic mass is 35.5. The third-order valence-electron chi connectivity index (χ3n) is 6.97. The predicted molar refractivity (Wildman–Crippen MR) is 130 cm³/mol. The summed E-state index contributed by atoms with van der Waals surface area (Å²) in [6.07, 6.45) is -0.561. The fraction of sp³-hybridized carbons (Fsp3) is 0.346. The summed E-state index contributed by atoms with van der Waals surface area (Å²) in [5, 5.41) is 9.20. The Morgan fingerprint density at radius 1 is 1.21 bits per heavy atom. The maximum atomic E-state index is 14.5. The van der Waals surface area contributed by atoms with E-state index in [1.165, 1.54) is 6.07 Å². The third kappa shape index (κ3) is 4.99. The second-order valence-corrected chi connectivity index (χ2v) is 9.72. The van der Waals surface area contributed by atoms with Gasteiger partial charge in [-0.2, -0.15) is 18.4 Å². The van der Waals surface area contributed by atoms with E-state index in [1.807, 2.05) is 4.90 Å². The zero-order valence-corrected chi connectivity index (χ0v) is 20.6. The summed E-state index contributed by atoms with van der Waals surface area (Å²) in [5.41, 5.74) is -0.349. The van der Waals surface area contributed by atoms with Crippen LogP contribution in [-0.2, 0) is 10.9 Å². The first-order valence-corrected chi connectivity index (χ1v) is 12.2. The molecule has 2 atom stereocenters. The van der Waals surface area contributed by atoms with Crippen molar-refractivity contribution < 1.29 is 27.1 Å². The topological polar surface area (TPSA) is 89.4 Å². The molecule has 1 aliphatic carbocycles. The number of nitrogens with zero attached hydrogens (tertiary/aromatic N) is 3. The Morgan fingerprint density at radius 2 is 2.00 bits per heavy atom. The first kappa shape index (κ1) is 26.2. The number of fused-ring (bicyclic) bond motifs is 1. The summed E-state index contributed by atoms with van der Waals surface area (Å²) < 4.78 is 59.0. The van der Waals surface area contributed by atoms with Crippen LogP contribution in [0.3, 0.4) is 0 Å². The maximum absolute atomic E-state index is 14.5. The molecule has 3 heterocycles. The van der Waals surface area contributed by atoms with Gasteiger partial charge in [0.05, 0.1) is 29.3 Å². The largest absolute Gasteiger partial charge is 0.431 e. The third-order valence-corrected chi connectivity index (χ3v) is 7.38. The number of piperazine rings is 1. The molecule has 2 saturated heterocycles. The average Bonchev–Trinajstić information content (AvgIpc) is 3.37. The van der Waals surface area contributed by atoms with Gasteiger partial charge in [0.15, 0.2) is 5.43 Å². The lowest BCUT2D eigenvalue weighted by molar-refractivity contribution is -0.141. The lowest BCUT2D eigenvalue weighted by Crippen LogP contribution is -2.59. The molecule has 1 aromatic carbocycles. The van der Waals surface area contributed by atoms with Gasteiger partial charge in [-0.15, -0.1) is 0 Å². The van der Waals surface area contributed by atoms with E-state index in [9.17, 15) is 27.2 Å². The van der Waals surface area contributed by atoms with Gasteiger partial charge in [-0.3, -0.25) is 14.5 Å². The highest BCUT2D eigenvalue weighted by Gasteiger charge is 2.38. The zero-order valence-electron chi connectivity index (χ0n) is 19.8. The Bertz CT molecular complexity index is 1460. The fourth-order valence-corrected chi connectivity index (χ4v) is 5.27. The summed E-state index contributed by atoms with van der Waals surface area (Å²) in [6, 6.07) is 4.69. The molecule has 1 aromatic heterocycles. The SMILES string of the molecule is N#CC1=CC(c2cc(F)cc(C(=O)N3CCN4C[C@@H](c5c[nH]c(C(F)(F)F)cc5=O)OC[C@@H]4C3)c2Cl)=CC1. The predicted octanol–water partition coefficient (Wildman–Crippen LogP) is 4.32. The normalized spacial score (nSPS) is 21.9. The van der Waals surface area contributed by atoms with E-state index in [2.05, 4.69) is 11.1 Å². The van der Waals surface area contributed by atoms with Crippen molar-refractivity contribution >= 4 is 23.1 Å². The lowest BCUT2D eigenvalue weighted by Gasteiger charge is -2.46. The van der Waals surface area contributed by atoms with Crippen molar-refractivity contribution in [3.05, 3.63) is 85.6 Å². The fourth-order valence-electron chi connectivity index (χ4n) is 4.97. The smallest absolute Gasteiger partial charge is 0.370 e. The van der Waals surface area contributed by atoms with Crippen molar-refractivity contribution in [3.8, 4) is 6.07 Å². The molecule has 12 heteroatoms. The molecule has 198 valence electrons. The maximum Gasteiger partial charge on any atom is 0.431 e. The van der Waals surface area contributed by atoms with Crippen LogP contribution >= 0.6 is 11.6 Å². The van der Waals surface area contributed by atoms with Gasteiger partial charge in [-0.1, -0.05) is 17.7 Å². The Balaban J connectivity index is 1.29. The van der Waals surface area contributed by atoms with E-state index < -0.39 is 35.1 Å². The molecule has 3 aliphatic rings. The highest BCUT2D eigenvalue weighted by Crippen LogP contribution is 2.35. The number of morpholine rings is 1. The quantitative estimate of drug-likeness (QED) is 0.577. The summed E-state index contributed by atoms with van der Waals surface area (Å²) in [4.78, 5) is 31.4. The number of nitrogens with one attached hydrogen (secondary N) is 1. The van der Waals surface area contributed by atoms with Crippen molar-refractivity contribution in [2.24, 2.45) is 0 Å². The molecule has 0 saturated carbocycles. The van der Waals surface area contributed by atoms with Crippen LogP contribution in [0.1, 0.15) is 39.7 Å². The molecule has 38 heavy (non-hydrogen) atoms. The monoisotopic (exact) mass is 548 g/mol. The highest BCUT2D eigenvalue weighted by molar-refractivity contribution is 6.35. The van der Waals surface area contributed by atoms with Gasteiger partial charge >= 0.3 is 6.18 Å². The minimum atomic E-state index is -4.66. The van der Waals surface area contributed by atoms with Gasteiger partial charge < -0.3 is 14.6 Å². The minimum Gasteiger partial charge on any atom is -0.370 e. The number of rotatable bonds is 3. The average molecular weight is 549 g/mol. The molecule has 0 unspecified atom stereocenters. The van der Waals surface area contributed by atoms with Crippen LogP contribution in [0, 0.1) is 17.1 Å². The number of alkyl halides is 3. The van der Waals surface area contributed by atoms with Gasteiger partial charge in [0, 0.05) is 61.6 Å². The Labute approximate surface area is 219 Å². The number of ether oxygens (including phenoxy) is 1. The van der Waals surface area contributed by atoms with Gasteiger partial charge in [0.25, 0.3) is 5.91 Å². The van der Waals surface area contributed by atoms with Crippen molar-refractivity contribution in [2.75, 3.05) is 32.8 Å². The number of benzene rings is 1. The second kappa shape index (κ2) is 10.0. The molecular weight excluding hydrogens is 528 g/mol. The number of halogens is 5. The standard InChI is InChI=1S/C26H21ClF4N4O3/c27-24-18(15-2-1-14(5-15)9-32)6-16(28)7-19(24)25(37)35-4-3-34-12-22(38-13-17(34)11-35)20-10-33-23(8-21(20)36)26(29,30)31/h2,5-8,10,17,22H,1,3-4,11-13H2,(H,33,36)/t17-,22-/m0/s1. The first-order chi connectivity index (χ1) is 18.0. The van der Waals surface area contributed by atoms with Crippen molar-refractivity contribution in [1.82, 2.24) is 14.8 Å². The Kier molecular flexibility index (Phi) is 6.90.